The molecule has 1 aromatic rings. The van der Waals surface area contributed by atoms with Crippen molar-refractivity contribution >= 4 is 0 Å². The van der Waals surface area contributed by atoms with E-state index in [-0.39, 0.29) is 12.6 Å². The number of nitrogens with one attached hydrogen (secondary N) is 1. The zero-order valence-corrected chi connectivity index (χ0v) is 8.69. The molecule has 2 atom stereocenters. The molecule has 0 unspecified atom stereocenters. The summed E-state index contributed by atoms with van der Waals surface area (Å²) in [5.74, 6) is 0. The summed E-state index contributed by atoms with van der Waals surface area (Å²) in [7, 11) is 0. The Labute approximate surface area is 89.8 Å². The molecule has 3 nitrogen and oxygen atoms in total. The number of hydrogen-bond acceptors (Lipinski definition) is 3. The minimum atomic E-state index is -0.771. The smallest absolute Gasteiger partial charge is 0.102 e. The van der Waals surface area contributed by atoms with E-state index in [1.807, 2.05) is 30.3 Å². The number of aliphatic hydroxyl groups excluding tert-OH is 1. The van der Waals surface area contributed by atoms with E-state index in [9.17, 15) is 5.11 Å². The van der Waals surface area contributed by atoms with Gasteiger partial charge < -0.3 is 15.5 Å². The fourth-order valence-corrected chi connectivity index (χ4v) is 2.07. The van der Waals surface area contributed by atoms with E-state index in [0.717, 1.165) is 12.0 Å². The summed E-state index contributed by atoms with van der Waals surface area (Å²) in [6, 6.07) is 9.84. The summed E-state index contributed by atoms with van der Waals surface area (Å²) < 4.78 is 0. The molecule has 0 spiro atoms. The van der Waals surface area contributed by atoms with Crippen LogP contribution in [0.5, 0.6) is 0 Å². The largest absolute Gasteiger partial charge is 0.395 e. The van der Waals surface area contributed by atoms with E-state index in [1.165, 1.54) is 0 Å². The number of benzene rings is 1. The molecule has 2 rings (SSSR count). The lowest BCUT2D eigenvalue weighted by atomic mass is 9.84. The molecule has 1 heterocycles. The van der Waals surface area contributed by atoms with Gasteiger partial charge in [0.05, 0.1) is 6.61 Å². The Balaban J connectivity index is 2.10. The van der Waals surface area contributed by atoms with Crippen molar-refractivity contribution in [1.29, 1.82) is 0 Å². The van der Waals surface area contributed by atoms with Crippen LogP contribution in [-0.4, -0.2) is 29.4 Å². The minimum absolute atomic E-state index is 0.133. The zero-order chi connectivity index (χ0) is 10.7. The second kappa shape index (κ2) is 4.31. The molecule has 0 saturated carbocycles. The molecule has 3 heteroatoms. The quantitative estimate of drug-likeness (QED) is 0.666. The molecule has 1 aliphatic heterocycles. The van der Waals surface area contributed by atoms with Crippen LogP contribution >= 0.6 is 0 Å². The molecule has 0 aliphatic carbocycles. The zero-order valence-electron chi connectivity index (χ0n) is 8.69. The summed E-state index contributed by atoms with van der Waals surface area (Å²) in [5.41, 5.74) is 0.182. The van der Waals surface area contributed by atoms with Crippen LogP contribution in [0.4, 0.5) is 0 Å². The van der Waals surface area contributed by atoms with Crippen LogP contribution < -0.4 is 5.32 Å². The van der Waals surface area contributed by atoms with E-state index in [0.29, 0.717) is 13.0 Å². The Kier molecular flexibility index (Phi) is 3.05. The molecule has 0 amide bonds. The van der Waals surface area contributed by atoms with Gasteiger partial charge in [-0.3, -0.25) is 0 Å². The average molecular weight is 207 g/mol. The van der Waals surface area contributed by atoms with Crippen molar-refractivity contribution in [1.82, 2.24) is 5.32 Å². The monoisotopic (exact) mass is 207 g/mol. The predicted molar refractivity (Wildman–Crippen MR) is 58.4 cm³/mol. The third-order valence-electron chi connectivity index (χ3n) is 3.12. The van der Waals surface area contributed by atoms with Crippen molar-refractivity contribution < 1.29 is 10.2 Å². The molecule has 0 aromatic heterocycles. The summed E-state index contributed by atoms with van der Waals surface area (Å²) in [6.07, 6.45) is 1.51. The maximum Gasteiger partial charge on any atom is 0.102 e. The Morgan fingerprint density at radius 1 is 1.33 bits per heavy atom. The highest BCUT2D eigenvalue weighted by atomic mass is 16.3. The van der Waals surface area contributed by atoms with Crippen LogP contribution in [0.3, 0.4) is 0 Å². The van der Waals surface area contributed by atoms with Gasteiger partial charge >= 0.3 is 0 Å². The lowest BCUT2D eigenvalue weighted by Gasteiger charge is -2.36. The summed E-state index contributed by atoms with van der Waals surface area (Å²) in [4.78, 5) is 0. The highest BCUT2D eigenvalue weighted by Crippen LogP contribution is 2.29. The Bertz CT molecular complexity index is 305. The van der Waals surface area contributed by atoms with Crippen LogP contribution in [0, 0.1) is 0 Å². The van der Waals surface area contributed by atoms with Crippen molar-refractivity contribution in [2.24, 2.45) is 0 Å². The van der Waals surface area contributed by atoms with Crippen molar-refractivity contribution in [3.8, 4) is 0 Å². The van der Waals surface area contributed by atoms with Gasteiger partial charge in [0, 0.05) is 12.6 Å². The highest BCUT2D eigenvalue weighted by molar-refractivity contribution is 5.23. The van der Waals surface area contributed by atoms with Gasteiger partial charge in [-0.05, 0) is 18.4 Å². The lowest BCUT2D eigenvalue weighted by Crippen LogP contribution is -2.49. The first-order valence-corrected chi connectivity index (χ1v) is 5.37. The molecular formula is C12H17NO2. The van der Waals surface area contributed by atoms with E-state index in [1.54, 1.807) is 0 Å². The second-order valence-electron chi connectivity index (χ2n) is 4.20. The average Bonchev–Trinajstić information content (AvgIpc) is 2.31. The van der Waals surface area contributed by atoms with Crippen LogP contribution in [0.2, 0.25) is 0 Å². The van der Waals surface area contributed by atoms with Gasteiger partial charge in [-0.1, -0.05) is 30.3 Å². The molecule has 0 radical (unpaired) electrons. The SMILES string of the molecule is OC[C@H]1CC[C@@](O)(c2ccccc2)CN1. The number of piperidine rings is 1. The highest BCUT2D eigenvalue weighted by Gasteiger charge is 2.33. The van der Waals surface area contributed by atoms with E-state index >= 15 is 0 Å². The summed E-state index contributed by atoms with van der Waals surface area (Å²) in [6.45, 7) is 0.660. The number of hydrogen-bond donors (Lipinski definition) is 3. The second-order valence-corrected chi connectivity index (χ2v) is 4.20. The van der Waals surface area contributed by atoms with Crippen LogP contribution in [0.15, 0.2) is 30.3 Å². The van der Waals surface area contributed by atoms with Gasteiger partial charge in [0.15, 0.2) is 0 Å². The maximum atomic E-state index is 10.4. The van der Waals surface area contributed by atoms with Gasteiger partial charge in [-0.2, -0.15) is 0 Å². The minimum Gasteiger partial charge on any atom is -0.395 e. The molecule has 1 saturated heterocycles. The van der Waals surface area contributed by atoms with Crippen molar-refractivity contribution in [2.45, 2.75) is 24.5 Å². The van der Waals surface area contributed by atoms with Gasteiger partial charge in [0.1, 0.15) is 5.60 Å². The van der Waals surface area contributed by atoms with Crippen molar-refractivity contribution in [2.75, 3.05) is 13.2 Å². The number of aliphatic hydroxyl groups is 2. The molecule has 1 aliphatic rings. The van der Waals surface area contributed by atoms with E-state index < -0.39 is 5.60 Å². The van der Waals surface area contributed by atoms with E-state index in [4.69, 9.17) is 5.11 Å². The van der Waals surface area contributed by atoms with Gasteiger partial charge in [0.25, 0.3) is 0 Å². The first-order chi connectivity index (χ1) is 7.24. The van der Waals surface area contributed by atoms with Crippen LogP contribution in [0.1, 0.15) is 18.4 Å². The summed E-state index contributed by atoms with van der Waals surface area (Å²) >= 11 is 0. The van der Waals surface area contributed by atoms with Crippen molar-refractivity contribution in [3.05, 3.63) is 35.9 Å². The molecule has 15 heavy (non-hydrogen) atoms. The van der Waals surface area contributed by atoms with Crippen LogP contribution in [0.25, 0.3) is 0 Å². The molecule has 0 bridgehead atoms. The standard InChI is InChI=1S/C12H17NO2/c14-8-11-6-7-12(15,9-13-11)10-4-2-1-3-5-10/h1-5,11,13-15H,6-9H2/t11-,12+/m1/s1. The van der Waals surface area contributed by atoms with Gasteiger partial charge in [-0.25, -0.2) is 0 Å². The molecule has 3 N–H and O–H groups in total. The third-order valence-corrected chi connectivity index (χ3v) is 3.12. The number of rotatable bonds is 2. The normalized spacial score (nSPS) is 31.5. The van der Waals surface area contributed by atoms with Gasteiger partial charge in [0.2, 0.25) is 0 Å². The third kappa shape index (κ3) is 2.20. The Morgan fingerprint density at radius 3 is 2.60 bits per heavy atom. The first kappa shape index (κ1) is 10.6. The summed E-state index contributed by atoms with van der Waals surface area (Å²) in [5, 5.41) is 22.6. The van der Waals surface area contributed by atoms with Crippen molar-refractivity contribution in [3.63, 3.8) is 0 Å². The molecular weight excluding hydrogens is 190 g/mol. The number of β-amino-alcohol motifs (C(OH)–C–C–N with tert-alkyl or cyclic N) is 1. The molecule has 1 aromatic carbocycles. The molecule has 82 valence electrons. The van der Waals surface area contributed by atoms with Crippen LogP contribution in [-0.2, 0) is 5.60 Å². The first-order valence-electron chi connectivity index (χ1n) is 5.37. The fraction of sp³-hybridized carbons (Fsp3) is 0.500. The maximum absolute atomic E-state index is 10.4. The Hall–Kier alpha value is -0.900. The predicted octanol–water partition coefficient (Wildman–Crippen LogP) is 0.618. The van der Waals surface area contributed by atoms with Gasteiger partial charge in [-0.15, -0.1) is 0 Å². The van der Waals surface area contributed by atoms with E-state index in [2.05, 4.69) is 5.32 Å². The Morgan fingerprint density at radius 2 is 2.07 bits per heavy atom. The lowest BCUT2D eigenvalue weighted by molar-refractivity contribution is -0.00385. The molecule has 1 fully saturated rings. The topological polar surface area (TPSA) is 52.5 Å². The fourth-order valence-electron chi connectivity index (χ4n) is 2.07.